The molecule has 104 valence electrons. The number of fused-ring (bicyclic) bond motifs is 1. The third kappa shape index (κ3) is 3.24. The highest BCUT2D eigenvalue weighted by atomic mass is 35.5. The van der Waals surface area contributed by atoms with Crippen LogP contribution in [0.1, 0.15) is 11.1 Å². The molecule has 2 N–H and O–H groups in total. The first-order valence-electron chi connectivity index (χ1n) is 6.76. The summed E-state index contributed by atoms with van der Waals surface area (Å²) in [5.74, 6) is 1.71. The van der Waals surface area contributed by atoms with E-state index in [1.54, 1.807) is 0 Å². The Labute approximate surface area is 123 Å². The molecule has 0 saturated carbocycles. The van der Waals surface area contributed by atoms with Crippen LogP contribution in [0.5, 0.6) is 11.5 Å². The largest absolute Gasteiger partial charge is 0.454 e. The lowest BCUT2D eigenvalue weighted by Crippen LogP contribution is -2.83. The summed E-state index contributed by atoms with van der Waals surface area (Å²) in [7, 11) is 0. The molecule has 1 heterocycles. The van der Waals surface area contributed by atoms with Crippen molar-refractivity contribution in [1.29, 1.82) is 0 Å². The van der Waals surface area contributed by atoms with Gasteiger partial charge in [-0.25, -0.2) is 0 Å². The number of hydrogen-bond acceptors (Lipinski definition) is 2. The molecule has 20 heavy (non-hydrogen) atoms. The van der Waals surface area contributed by atoms with E-state index in [2.05, 4.69) is 29.6 Å². The van der Waals surface area contributed by atoms with Crippen molar-refractivity contribution < 1.29 is 14.8 Å². The number of benzene rings is 2. The Hall–Kier alpha value is -1.71. The molecule has 0 atom stereocenters. The number of quaternary nitrogens is 1. The number of hydrogen-bond donors (Lipinski definition) is 1. The van der Waals surface area contributed by atoms with Gasteiger partial charge in [0.25, 0.3) is 0 Å². The van der Waals surface area contributed by atoms with E-state index < -0.39 is 0 Å². The fraction of sp³-hybridized carbons (Fsp3) is 0.250. The number of halogens is 1. The molecule has 0 saturated heterocycles. The predicted octanol–water partition coefficient (Wildman–Crippen LogP) is 2.37. The molecule has 4 heteroatoms. The van der Waals surface area contributed by atoms with Gasteiger partial charge in [-0.15, -0.1) is 0 Å². The van der Waals surface area contributed by atoms with Crippen molar-refractivity contribution in [2.45, 2.75) is 13.0 Å². The summed E-state index contributed by atoms with van der Waals surface area (Å²) in [6.07, 6.45) is 1.02. The van der Waals surface area contributed by atoms with Gasteiger partial charge in [-0.05, 0) is 29.8 Å². The molecule has 3 rings (SSSR count). The Balaban J connectivity index is 1.47. The van der Waals surface area contributed by atoms with E-state index in [1.807, 2.05) is 18.2 Å². The predicted molar refractivity (Wildman–Crippen MR) is 78.2 cm³/mol. The molecular weight excluding hydrogens is 274 g/mol. The van der Waals surface area contributed by atoms with Crippen molar-refractivity contribution in [3.8, 4) is 11.5 Å². The molecule has 0 amide bonds. The van der Waals surface area contributed by atoms with Gasteiger partial charge >= 0.3 is 0 Å². The minimum Gasteiger partial charge on any atom is -0.454 e. The average molecular weight is 291 g/mol. The molecular formula is C16H17ClNO2+. The van der Waals surface area contributed by atoms with Crippen LogP contribution in [0.15, 0.2) is 42.5 Å². The van der Waals surface area contributed by atoms with Crippen LogP contribution in [0, 0.1) is 0 Å². The SMILES string of the molecule is Clc1ccc(C[NH2+]CCc2ccc3c(c2)OCO3)cc1. The molecule has 1 aliphatic rings. The normalized spacial score (nSPS) is 12.7. The van der Waals surface area contributed by atoms with Gasteiger partial charge in [-0.2, -0.15) is 0 Å². The molecule has 3 nitrogen and oxygen atoms in total. The number of ether oxygens (including phenoxy) is 2. The fourth-order valence-electron chi connectivity index (χ4n) is 2.25. The quantitative estimate of drug-likeness (QED) is 0.858. The van der Waals surface area contributed by atoms with Gasteiger partial charge in [-0.1, -0.05) is 29.8 Å². The van der Waals surface area contributed by atoms with Gasteiger partial charge in [-0.3, -0.25) is 0 Å². The fourth-order valence-corrected chi connectivity index (χ4v) is 2.38. The van der Waals surface area contributed by atoms with Gasteiger partial charge in [0.2, 0.25) is 6.79 Å². The van der Waals surface area contributed by atoms with Crippen LogP contribution in [0.2, 0.25) is 5.02 Å². The van der Waals surface area contributed by atoms with Crippen LogP contribution in [0.25, 0.3) is 0 Å². The van der Waals surface area contributed by atoms with Crippen molar-refractivity contribution in [2.24, 2.45) is 0 Å². The molecule has 1 aliphatic heterocycles. The first kappa shape index (κ1) is 13.3. The molecule has 0 spiro atoms. The standard InChI is InChI=1S/C16H16ClNO2/c17-14-4-1-13(2-5-14)10-18-8-7-12-3-6-15-16(9-12)20-11-19-15/h1-6,9,18H,7-8,10-11H2/p+1. The summed E-state index contributed by atoms with van der Waals surface area (Å²) in [5, 5.41) is 3.09. The zero-order valence-corrected chi connectivity index (χ0v) is 11.9. The highest BCUT2D eigenvalue weighted by Gasteiger charge is 2.13. The van der Waals surface area contributed by atoms with Crippen molar-refractivity contribution in [2.75, 3.05) is 13.3 Å². The lowest BCUT2D eigenvalue weighted by Gasteiger charge is -2.04. The van der Waals surface area contributed by atoms with Crippen LogP contribution in [0.4, 0.5) is 0 Å². The summed E-state index contributed by atoms with van der Waals surface area (Å²) >= 11 is 5.87. The molecule has 0 aromatic heterocycles. The molecule has 0 radical (unpaired) electrons. The summed E-state index contributed by atoms with van der Waals surface area (Å²) in [5.41, 5.74) is 2.57. The first-order chi connectivity index (χ1) is 9.81. The second-order valence-corrected chi connectivity index (χ2v) is 5.28. The van der Waals surface area contributed by atoms with Crippen LogP contribution >= 0.6 is 11.6 Å². The van der Waals surface area contributed by atoms with E-state index in [1.165, 1.54) is 11.1 Å². The summed E-state index contributed by atoms with van der Waals surface area (Å²) in [6, 6.07) is 14.2. The zero-order chi connectivity index (χ0) is 13.8. The smallest absolute Gasteiger partial charge is 0.231 e. The summed E-state index contributed by atoms with van der Waals surface area (Å²) in [6.45, 7) is 2.35. The Morgan fingerprint density at radius 2 is 1.70 bits per heavy atom. The third-order valence-corrected chi connectivity index (χ3v) is 3.62. The molecule has 0 fully saturated rings. The van der Waals surface area contributed by atoms with Crippen molar-refractivity contribution in [1.82, 2.24) is 0 Å². The van der Waals surface area contributed by atoms with Crippen molar-refractivity contribution in [3.63, 3.8) is 0 Å². The van der Waals surface area contributed by atoms with Gasteiger partial charge in [0, 0.05) is 17.0 Å². The van der Waals surface area contributed by atoms with E-state index in [4.69, 9.17) is 21.1 Å². The van der Waals surface area contributed by atoms with E-state index in [0.29, 0.717) is 6.79 Å². The van der Waals surface area contributed by atoms with Crippen LogP contribution in [-0.2, 0) is 13.0 Å². The number of rotatable bonds is 5. The molecule has 0 bridgehead atoms. The Morgan fingerprint density at radius 3 is 2.55 bits per heavy atom. The first-order valence-corrected chi connectivity index (χ1v) is 7.14. The van der Waals surface area contributed by atoms with Gasteiger partial charge in [0.15, 0.2) is 11.5 Å². The molecule has 2 aromatic carbocycles. The van der Waals surface area contributed by atoms with E-state index in [0.717, 1.165) is 36.0 Å². The highest BCUT2D eigenvalue weighted by molar-refractivity contribution is 6.30. The Morgan fingerprint density at radius 1 is 0.950 bits per heavy atom. The lowest BCUT2D eigenvalue weighted by molar-refractivity contribution is -0.670. The summed E-state index contributed by atoms with van der Waals surface area (Å²) < 4.78 is 10.7. The maximum atomic E-state index is 5.87. The monoisotopic (exact) mass is 290 g/mol. The van der Waals surface area contributed by atoms with Gasteiger partial charge < -0.3 is 14.8 Å². The zero-order valence-electron chi connectivity index (χ0n) is 11.1. The second kappa shape index (κ2) is 6.16. The number of nitrogens with two attached hydrogens (primary N) is 1. The van der Waals surface area contributed by atoms with Crippen molar-refractivity contribution >= 4 is 11.6 Å². The third-order valence-electron chi connectivity index (χ3n) is 3.37. The van der Waals surface area contributed by atoms with E-state index in [-0.39, 0.29) is 0 Å². The van der Waals surface area contributed by atoms with Gasteiger partial charge in [0.1, 0.15) is 6.54 Å². The van der Waals surface area contributed by atoms with Crippen LogP contribution in [-0.4, -0.2) is 13.3 Å². The van der Waals surface area contributed by atoms with Crippen LogP contribution in [0.3, 0.4) is 0 Å². The Bertz CT molecular complexity index is 584. The molecule has 0 unspecified atom stereocenters. The minimum atomic E-state index is 0.335. The maximum absolute atomic E-state index is 5.87. The lowest BCUT2D eigenvalue weighted by atomic mass is 10.1. The topological polar surface area (TPSA) is 35.1 Å². The molecule has 0 aliphatic carbocycles. The summed E-state index contributed by atoms with van der Waals surface area (Å²) in [4.78, 5) is 0. The van der Waals surface area contributed by atoms with E-state index in [9.17, 15) is 0 Å². The van der Waals surface area contributed by atoms with E-state index >= 15 is 0 Å². The van der Waals surface area contributed by atoms with Gasteiger partial charge in [0.05, 0.1) is 6.54 Å². The second-order valence-electron chi connectivity index (χ2n) is 4.85. The molecule has 2 aromatic rings. The van der Waals surface area contributed by atoms with Crippen LogP contribution < -0.4 is 14.8 Å². The Kier molecular flexibility index (Phi) is 4.09. The maximum Gasteiger partial charge on any atom is 0.231 e. The van der Waals surface area contributed by atoms with Crippen molar-refractivity contribution in [3.05, 3.63) is 58.6 Å². The minimum absolute atomic E-state index is 0.335. The average Bonchev–Trinajstić information content (AvgIpc) is 2.93. The highest BCUT2D eigenvalue weighted by Crippen LogP contribution is 2.32.